The van der Waals surface area contributed by atoms with Crippen molar-refractivity contribution < 1.29 is 13.9 Å². The summed E-state index contributed by atoms with van der Waals surface area (Å²) in [6.45, 7) is 0. The number of anilines is 1. The average Bonchev–Trinajstić information content (AvgIpc) is 2.26. The number of hydrogen-bond acceptors (Lipinski definition) is 2. The quantitative estimate of drug-likeness (QED) is 0.745. The van der Waals surface area contributed by atoms with Gasteiger partial charge in [-0.3, -0.25) is 4.79 Å². The van der Waals surface area contributed by atoms with Gasteiger partial charge in [0.25, 0.3) is 0 Å². The molecule has 0 atom stereocenters. The molecule has 0 spiro atoms. The maximum absolute atomic E-state index is 13.5. The van der Waals surface area contributed by atoms with Crippen LogP contribution in [0.3, 0.4) is 0 Å². The topological polar surface area (TPSA) is 29.5 Å². The molecular weight excluding hydrogens is 221 g/mol. The second kappa shape index (κ2) is 4.98. The van der Waals surface area contributed by atoms with Crippen molar-refractivity contribution >= 4 is 23.2 Å². The number of hydrogen-bond donors (Lipinski definition) is 0. The van der Waals surface area contributed by atoms with E-state index in [2.05, 4.69) is 0 Å². The van der Waals surface area contributed by atoms with E-state index in [1.54, 1.807) is 6.07 Å². The first kappa shape index (κ1) is 11.8. The summed E-state index contributed by atoms with van der Waals surface area (Å²) in [5.74, 6) is -0.806. The number of methoxy groups -OCH3 is 1. The van der Waals surface area contributed by atoms with E-state index >= 15 is 0 Å². The number of nitrogens with zero attached hydrogens (tertiary/aromatic N) is 1. The van der Waals surface area contributed by atoms with Crippen LogP contribution in [0.1, 0.15) is 0 Å². The molecule has 5 heteroatoms. The minimum absolute atomic E-state index is 0.102. The number of alkyl halides is 1. The molecule has 15 heavy (non-hydrogen) atoms. The van der Waals surface area contributed by atoms with Crippen molar-refractivity contribution in [2.45, 2.75) is 0 Å². The highest BCUT2D eigenvalue weighted by molar-refractivity contribution is 6.29. The van der Waals surface area contributed by atoms with E-state index in [1.807, 2.05) is 0 Å². The van der Waals surface area contributed by atoms with Gasteiger partial charge in [-0.2, -0.15) is 0 Å². The molecule has 1 aromatic rings. The highest BCUT2D eigenvalue weighted by Crippen LogP contribution is 2.30. The third-order valence-corrected chi connectivity index (χ3v) is 2.22. The standard InChI is InChI=1S/C10H11ClFNO2/c1-13(9(14)6-11)10-7(12)4-3-5-8(10)15-2/h3-5H,6H2,1-2H3. The molecule has 0 fully saturated rings. The Bertz CT molecular complexity index is 370. The lowest BCUT2D eigenvalue weighted by atomic mass is 10.2. The lowest BCUT2D eigenvalue weighted by molar-refractivity contribution is -0.116. The van der Waals surface area contributed by atoms with Gasteiger partial charge >= 0.3 is 0 Å². The van der Waals surface area contributed by atoms with E-state index in [-0.39, 0.29) is 17.5 Å². The smallest absolute Gasteiger partial charge is 0.241 e. The summed E-state index contributed by atoms with van der Waals surface area (Å²) in [4.78, 5) is 12.4. The fraction of sp³-hybridized carbons (Fsp3) is 0.300. The van der Waals surface area contributed by atoms with Crippen molar-refractivity contribution in [1.29, 1.82) is 0 Å². The molecular formula is C10H11ClFNO2. The number of rotatable bonds is 3. The highest BCUT2D eigenvalue weighted by atomic mass is 35.5. The van der Waals surface area contributed by atoms with Crippen molar-refractivity contribution in [2.24, 2.45) is 0 Å². The first-order valence-electron chi connectivity index (χ1n) is 4.26. The molecule has 0 radical (unpaired) electrons. The normalized spacial score (nSPS) is 9.87. The Labute approximate surface area is 92.4 Å². The molecule has 3 nitrogen and oxygen atoms in total. The molecule has 82 valence electrons. The summed E-state index contributed by atoms with van der Waals surface area (Å²) in [7, 11) is 2.86. The number of ether oxygens (including phenoxy) is 1. The summed E-state index contributed by atoms with van der Waals surface area (Å²) in [5.41, 5.74) is 0.102. The molecule has 0 aliphatic heterocycles. The van der Waals surface area contributed by atoms with Gasteiger partial charge in [-0.05, 0) is 12.1 Å². The molecule has 1 amide bonds. The van der Waals surface area contributed by atoms with E-state index in [0.717, 1.165) is 4.90 Å². The van der Waals surface area contributed by atoms with Gasteiger partial charge in [-0.1, -0.05) is 6.07 Å². The van der Waals surface area contributed by atoms with Gasteiger partial charge in [-0.15, -0.1) is 11.6 Å². The van der Waals surface area contributed by atoms with Crippen LogP contribution in [0.4, 0.5) is 10.1 Å². The number of benzene rings is 1. The van der Waals surface area contributed by atoms with Crippen LogP contribution >= 0.6 is 11.6 Å². The van der Waals surface area contributed by atoms with Gasteiger partial charge in [0.2, 0.25) is 5.91 Å². The molecule has 0 bridgehead atoms. The maximum Gasteiger partial charge on any atom is 0.241 e. The fourth-order valence-electron chi connectivity index (χ4n) is 1.20. The van der Waals surface area contributed by atoms with Crippen molar-refractivity contribution in [3.63, 3.8) is 0 Å². The Morgan fingerprint density at radius 3 is 2.80 bits per heavy atom. The SMILES string of the molecule is COc1cccc(F)c1N(C)C(=O)CCl. The van der Waals surface area contributed by atoms with Gasteiger partial charge in [0.1, 0.15) is 17.3 Å². The molecule has 0 aliphatic rings. The molecule has 0 saturated carbocycles. The zero-order chi connectivity index (χ0) is 11.4. The van der Waals surface area contributed by atoms with Crippen molar-refractivity contribution in [1.82, 2.24) is 0 Å². The average molecular weight is 232 g/mol. The number of para-hydroxylation sites is 1. The van der Waals surface area contributed by atoms with E-state index in [9.17, 15) is 9.18 Å². The molecule has 0 heterocycles. The predicted octanol–water partition coefficient (Wildman–Crippen LogP) is 2.04. The lowest BCUT2D eigenvalue weighted by Crippen LogP contribution is -2.28. The Hall–Kier alpha value is -1.29. The van der Waals surface area contributed by atoms with Gasteiger partial charge in [0.05, 0.1) is 7.11 Å². The molecule has 1 rings (SSSR count). The van der Waals surface area contributed by atoms with Crippen LogP contribution in [0.25, 0.3) is 0 Å². The van der Waals surface area contributed by atoms with Crippen molar-refractivity contribution in [2.75, 3.05) is 24.9 Å². The lowest BCUT2D eigenvalue weighted by Gasteiger charge is -2.19. The third-order valence-electron chi connectivity index (χ3n) is 1.99. The fourth-order valence-corrected chi connectivity index (χ4v) is 1.38. The Kier molecular flexibility index (Phi) is 3.91. The summed E-state index contributed by atoms with van der Waals surface area (Å²) in [5, 5.41) is 0. The summed E-state index contributed by atoms with van der Waals surface area (Å²) >= 11 is 5.39. The number of carbonyl (C=O) groups is 1. The Balaban J connectivity index is 3.16. The van der Waals surface area contributed by atoms with Crippen LogP contribution in [-0.4, -0.2) is 25.9 Å². The molecule has 1 aromatic carbocycles. The Morgan fingerprint density at radius 2 is 2.27 bits per heavy atom. The molecule has 0 N–H and O–H groups in total. The zero-order valence-electron chi connectivity index (χ0n) is 8.46. The van der Waals surface area contributed by atoms with Gasteiger partial charge < -0.3 is 9.64 Å². The van der Waals surface area contributed by atoms with Crippen LogP contribution in [0.15, 0.2) is 18.2 Å². The molecule has 0 saturated heterocycles. The van der Waals surface area contributed by atoms with E-state index in [1.165, 1.54) is 26.3 Å². The van der Waals surface area contributed by atoms with E-state index in [4.69, 9.17) is 16.3 Å². The second-order valence-corrected chi connectivity index (χ2v) is 3.14. The largest absolute Gasteiger partial charge is 0.494 e. The minimum atomic E-state index is -0.518. The van der Waals surface area contributed by atoms with Crippen LogP contribution in [0, 0.1) is 5.82 Å². The number of amides is 1. The van der Waals surface area contributed by atoms with Crippen LogP contribution in [0.5, 0.6) is 5.75 Å². The molecule has 0 aromatic heterocycles. The van der Waals surface area contributed by atoms with Gasteiger partial charge in [0, 0.05) is 7.05 Å². The van der Waals surface area contributed by atoms with Crippen LogP contribution in [-0.2, 0) is 4.79 Å². The highest BCUT2D eigenvalue weighted by Gasteiger charge is 2.18. The Morgan fingerprint density at radius 1 is 1.60 bits per heavy atom. The summed E-state index contributed by atoms with van der Waals surface area (Å²) in [6.07, 6.45) is 0. The monoisotopic (exact) mass is 231 g/mol. The van der Waals surface area contributed by atoms with Crippen molar-refractivity contribution in [3.8, 4) is 5.75 Å². The first-order chi connectivity index (χ1) is 7.11. The zero-order valence-corrected chi connectivity index (χ0v) is 9.21. The van der Waals surface area contributed by atoms with E-state index in [0.29, 0.717) is 5.75 Å². The summed E-state index contributed by atoms with van der Waals surface area (Å²) in [6, 6.07) is 4.35. The predicted molar refractivity (Wildman–Crippen MR) is 57.1 cm³/mol. The minimum Gasteiger partial charge on any atom is -0.494 e. The first-order valence-corrected chi connectivity index (χ1v) is 4.80. The van der Waals surface area contributed by atoms with Crippen molar-refractivity contribution in [3.05, 3.63) is 24.0 Å². The van der Waals surface area contributed by atoms with Gasteiger partial charge in [-0.25, -0.2) is 4.39 Å². The maximum atomic E-state index is 13.5. The molecule has 0 unspecified atom stereocenters. The second-order valence-electron chi connectivity index (χ2n) is 2.88. The van der Waals surface area contributed by atoms with Gasteiger partial charge in [0.15, 0.2) is 5.82 Å². The van der Waals surface area contributed by atoms with E-state index < -0.39 is 5.82 Å². The number of halogens is 2. The summed E-state index contributed by atoms with van der Waals surface area (Å²) < 4.78 is 18.4. The van der Waals surface area contributed by atoms with Crippen LogP contribution < -0.4 is 9.64 Å². The number of carbonyl (C=O) groups excluding carboxylic acids is 1. The molecule has 0 aliphatic carbocycles. The third kappa shape index (κ3) is 2.39. The van der Waals surface area contributed by atoms with Crippen LogP contribution in [0.2, 0.25) is 0 Å².